The summed E-state index contributed by atoms with van der Waals surface area (Å²) in [6.45, 7) is 2.63. The smallest absolute Gasteiger partial charge is 0.153 e. The zero-order chi connectivity index (χ0) is 17.0. The molecule has 3 aromatic rings. The van der Waals surface area contributed by atoms with E-state index in [9.17, 15) is 0 Å². The minimum absolute atomic E-state index is 0.533. The summed E-state index contributed by atoms with van der Waals surface area (Å²) >= 11 is 0. The van der Waals surface area contributed by atoms with Gasteiger partial charge in [0.25, 0.3) is 0 Å². The number of H-pyrrole nitrogens is 1. The first-order valence-corrected chi connectivity index (χ1v) is 9.07. The Morgan fingerprint density at radius 2 is 2.12 bits per heavy atom. The van der Waals surface area contributed by atoms with Crippen LogP contribution in [0.15, 0.2) is 18.2 Å². The van der Waals surface area contributed by atoms with Crippen molar-refractivity contribution in [3.8, 4) is 5.69 Å². The quantitative estimate of drug-likeness (QED) is 0.775. The lowest BCUT2D eigenvalue weighted by atomic mass is 9.71. The van der Waals surface area contributed by atoms with Crippen LogP contribution in [0.4, 0.5) is 0 Å². The third-order valence-corrected chi connectivity index (χ3v) is 5.72. The maximum absolute atomic E-state index is 5.20. The van der Waals surface area contributed by atoms with Crippen LogP contribution in [-0.4, -0.2) is 38.4 Å². The molecule has 6 heteroatoms. The Morgan fingerprint density at radius 1 is 1.28 bits per heavy atom. The zero-order valence-corrected chi connectivity index (χ0v) is 14.7. The molecule has 0 atom stereocenters. The maximum Gasteiger partial charge on any atom is 0.153 e. The van der Waals surface area contributed by atoms with Crippen molar-refractivity contribution in [3.05, 3.63) is 35.7 Å². The largest absolute Gasteiger partial charge is 0.384 e. The Bertz CT molecular complexity index is 929. The fourth-order valence-corrected chi connectivity index (χ4v) is 4.13. The number of methoxy groups -OCH3 is 1. The van der Waals surface area contributed by atoms with Crippen LogP contribution in [0.2, 0.25) is 0 Å². The average Bonchev–Trinajstić information content (AvgIpc) is 3.13. The molecule has 130 valence electrons. The van der Waals surface area contributed by atoms with Crippen molar-refractivity contribution < 1.29 is 4.74 Å². The van der Waals surface area contributed by atoms with Crippen LogP contribution < -0.4 is 0 Å². The second-order valence-electron chi connectivity index (χ2n) is 7.67. The molecular weight excluding hydrogens is 314 g/mol. The van der Waals surface area contributed by atoms with Crippen LogP contribution in [0.25, 0.3) is 16.7 Å². The van der Waals surface area contributed by atoms with Crippen molar-refractivity contribution in [2.45, 2.75) is 44.9 Å². The molecule has 1 aromatic carbocycles. The fraction of sp³-hybridized carbons (Fsp3) is 0.526. The molecule has 2 fully saturated rings. The molecule has 2 heterocycles. The lowest BCUT2D eigenvalue weighted by molar-refractivity contribution is 0.200. The molecule has 0 amide bonds. The van der Waals surface area contributed by atoms with Gasteiger partial charge in [0.05, 0.1) is 23.3 Å². The average molecular weight is 337 g/mol. The first-order chi connectivity index (χ1) is 12.2. The SMILES string of the molecule is COCCc1nc(C2CC3(CC3)C2)n(-c2ccc3nc(C)[nH]c3c2)n1. The number of aromatic amines is 1. The number of nitrogens with one attached hydrogen (secondary N) is 1. The molecular formula is C19H23N5O. The summed E-state index contributed by atoms with van der Waals surface area (Å²) in [5.41, 5.74) is 3.74. The second kappa shape index (κ2) is 5.39. The fourth-order valence-electron chi connectivity index (χ4n) is 4.13. The number of nitrogens with zero attached hydrogens (tertiary/aromatic N) is 4. The second-order valence-corrected chi connectivity index (χ2v) is 7.67. The first-order valence-electron chi connectivity index (χ1n) is 9.07. The van der Waals surface area contributed by atoms with E-state index in [1.165, 1.54) is 25.7 Å². The summed E-state index contributed by atoms with van der Waals surface area (Å²) in [7, 11) is 1.72. The normalized spacial score (nSPS) is 18.8. The van der Waals surface area contributed by atoms with Gasteiger partial charge in [0.1, 0.15) is 11.6 Å². The third-order valence-electron chi connectivity index (χ3n) is 5.72. The van der Waals surface area contributed by atoms with Crippen molar-refractivity contribution in [2.24, 2.45) is 5.41 Å². The van der Waals surface area contributed by atoms with Gasteiger partial charge >= 0.3 is 0 Å². The molecule has 1 spiro atoms. The summed E-state index contributed by atoms with van der Waals surface area (Å²) in [6.07, 6.45) is 6.07. The van der Waals surface area contributed by atoms with Crippen LogP contribution in [0, 0.1) is 12.3 Å². The van der Waals surface area contributed by atoms with Crippen LogP contribution in [0.3, 0.4) is 0 Å². The molecule has 0 saturated heterocycles. The lowest BCUT2D eigenvalue weighted by Crippen LogP contribution is -2.25. The summed E-state index contributed by atoms with van der Waals surface area (Å²) in [5.74, 6) is 3.45. The van der Waals surface area contributed by atoms with E-state index in [0.29, 0.717) is 17.9 Å². The van der Waals surface area contributed by atoms with E-state index in [4.69, 9.17) is 14.8 Å². The highest BCUT2D eigenvalue weighted by atomic mass is 16.5. The highest BCUT2D eigenvalue weighted by molar-refractivity contribution is 5.77. The van der Waals surface area contributed by atoms with E-state index in [1.807, 2.05) is 11.6 Å². The number of rotatable bonds is 5. The molecule has 2 aromatic heterocycles. The van der Waals surface area contributed by atoms with Crippen LogP contribution in [-0.2, 0) is 11.2 Å². The molecule has 25 heavy (non-hydrogen) atoms. The highest BCUT2D eigenvalue weighted by Gasteiger charge is 2.54. The number of hydrogen-bond acceptors (Lipinski definition) is 4. The third kappa shape index (κ3) is 2.56. The van der Waals surface area contributed by atoms with Gasteiger partial charge in [0.2, 0.25) is 0 Å². The van der Waals surface area contributed by atoms with Gasteiger partial charge in [0, 0.05) is 19.4 Å². The monoisotopic (exact) mass is 337 g/mol. The van der Waals surface area contributed by atoms with E-state index < -0.39 is 0 Å². The molecule has 1 N–H and O–H groups in total. The Labute approximate surface area is 146 Å². The summed E-state index contributed by atoms with van der Waals surface area (Å²) in [6, 6.07) is 6.27. The van der Waals surface area contributed by atoms with Gasteiger partial charge in [-0.2, -0.15) is 5.10 Å². The number of aromatic nitrogens is 5. The molecule has 0 aliphatic heterocycles. The Kier molecular flexibility index (Phi) is 3.25. The Hall–Kier alpha value is -2.21. The molecule has 5 rings (SSSR count). The van der Waals surface area contributed by atoms with Gasteiger partial charge in [-0.1, -0.05) is 0 Å². The predicted molar refractivity (Wildman–Crippen MR) is 95.0 cm³/mol. The Balaban J connectivity index is 1.53. The topological polar surface area (TPSA) is 68.6 Å². The maximum atomic E-state index is 5.20. The number of imidazole rings is 1. The minimum Gasteiger partial charge on any atom is -0.384 e. The predicted octanol–water partition coefficient (Wildman–Crippen LogP) is 3.30. The standard InChI is InChI=1S/C19H23N5O/c1-12-20-15-4-3-14(9-16(15)21-12)24-18(13-10-19(11-13)6-7-19)22-17(23-24)5-8-25-2/h3-4,9,13H,5-8,10-11H2,1-2H3,(H,20,21). The van der Waals surface area contributed by atoms with Gasteiger partial charge in [-0.15, -0.1) is 0 Å². The van der Waals surface area contributed by atoms with Crippen molar-refractivity contribution in [1.82, 2.24) is 24.7 Å². The lowest BCUT2D eigenvalue weighted by Gasteiger charge is -2.35. The van der Waals surface area contributed by atoms with Gasteiger partial charge < -0.3 is 9.72 Å². The van der Waals surface area contributed by atoms with Gasteiger partial charge in [-0.3, -0.25) is 0 Å². The van der Waals surface area contributed by atoms with Gasteiger partial charge in [0.15, 0.2) is 5.82 Å². The number of aryl methyl sites for hydroxylation is 1. The van der Waals surface area contributed by atoms with Gasteiger partial charge in [-0.25, -0.2) is 14.6 Å². The van der Waals surface area contributed by atoms with E-state index in [0.717, 1.165) is 40.6 Å². The highest BCUT2D eigenvalue weighted by Crippen LogP contribution is 2.66. The molecule has 6 nitrogen and oxygen atoms in total. The van der Waals surface area contributed by atoms with E-state index >= 15 is 0 Å². The summed E-state index contributed by atoms with van der Waals surface area (Å²) < 4.78 is 7.24. The van der Waals surface area contributed by atoms with Gasteiger partial charge in [-0.05, 0) is 56.2 Å². The van der Waals surface area contributed by atoms with E-state index in [2.05, 4.69) is 28.2 Å². The van der Waals surface area contributed by atoms with E-state index in [1.54, 1.807) is 7.11 Å². The summed E-state index contributed by atoms with van der Waals surface area (Å²) in [4.78, 5) is 12.7. The molecule has 0 unspecified atom stereocenters. The molecule has 2 aliphatic carbocycles. The number of benzene rings is 1. The molecule has 2 saturated carbocycles. The molecule has 0 bridgehead atoms. The van der Waals surface area contributed by atoms with E-state index in [-0.39, 0.29) is 0 Å². The van der Waals surface area contributed by atoms with Crippen molar-refractivity contribution >= 4 is 11.0 Å². The molecule has 0 radical (unpaired) electrons. The van der Waals surface area contributed by atoms with Crippen molar-refractivity contribution in [3.63, 3.8) is 0 Å². The summed E-state index contributed by atoms with van der Waals surface area (Å²) in [5, 5.41) is 4.79. The van der Waals surface area contributed by atoms with Crippen molar-refractivity contribution in [2.75, 3.05) is 13.7 Å². The Morgan fingerprint density at radius 3 is 2.88 bits per heavy atom. The number of hydrogen-bond donors (Lipinski definition) is 1. The van der Waals surface area contributed by atoms with Crippen LogP contribution in [0.1, 0.15) is 49.1 Å². The minimum atomic E-state index is 0.533. The van der Waals surface area contributed by atoms with Crippen molar-refractivity contribution in [1.29, 1.82) is 0 Å². The van der Waals surface area contributed by atoms with Crippen LogP contribution in [0.5, 0.6) is 0 Å². The first kappa shape index (κ1) is 15.1. The molecule has 2 aliphatic rings. The number of fused-ring (bicyclic) bond motifs is 1. The van der Waals surface area contributed by atoms with Crippen LogP contribution >= 0.6 is 0 Å². The number of ether oxygens (including phenoxy) is 1. The zero-order valence-electron chi connectivity index (χ0n) is 14.7.